The second kappa shape index (κ2) is 6.02. The monoisotopic (exact) mass is 276 g/mol. The molecule has 1 saturated carbocycles. The third kappa shape index (κ3) is 3.25. The average molecular weight is 276 g/mol. The van der Waals surface area contributed by atoms with E-state index in [1.165, 1.54) is 31.4 Å². The van der Waals surface area contributed by atoms with Gasteiger partial charge in [0.2, 0.25) is 0 Å². The van der Waals surface area contributed by atoms with E-state index < -0.39 is 0 Å². The molecule has 0 unspecified atom stereocenters. The molecule has 2 aliphatic rings. The van der Waals surface area contributed by atoms with Crippen LogP contribution in [0.25, 0.3) is 0 Å². The Hall–Kier alpha value is -1.26. The minimum absolute atomic E-state index is 0.348. The van der Waals surface area contributed by atoms with Gasteiger partial charge in [0, 0.05) is 29.9 Å². The van der Waals surface area contributed by atoms with E-state index in [1.807, 2.05) is 6.07 Å². The second-order valence-corrected chi connectivity index (χ2v) is 5.96. The van der Waals surface area contributed by atoms with Gasteiger partial charge >= 0.3 is 0 Å². The highest BCUT2D eigenvalue weighted by Crippen LogP contribution is 2.34. The molecule has 0 amide bonds. The molecule has 1 aromatic rings. The maximum Gasteiger partial charge on any atom is 0.189 e. The van der Waals surface area contributed by atoms with Gasteiger partial charge in [0.1, 0.15) is 5.75 Å². The number of rotatable bonds is 6. The van der Waals surface area contributed by atoms with Crippen LogP contribution < -0.4 is 10.5 Å². The molecule has 0 bridgehead atoms. The number of fused-ring (bicyclic) bond motifs is 1. The maximum atomic E-state index is 6.02. The van der Waals surface area contributed by atoms with Crippen molar-refractivity contribution in [2.75, 3.05) is 25.6 Å². The molecule has 1 aliphatic carbocycles. The summed E-state index contributed by atoms with van der Waals surface area (Å²) in [5, 5.41) is 0. The number of hydrogen-bond donors (Lipinski definition) is 1. The summed E-state index contributed by atoms with van der Waals surface area (Å²) in [7, 11) is 0. The van der Waals surface area contributed by atoms with E-state index in [1.54, 1.807) is 0 Å². The Labute approximate surface area is 120 Å². The Bertz CT molecular complexity index is 472. The molecule has 3 rings (SSSR count). The van der Waals surface area contributed by atoms with Crippen molar-refractivity contribution in [3.8, 4) is 5.75 Å². The first-order valence-electron chi connectivity index (χ1n) is 7.60. The molecule has 1 fully saturated rings. The van der Waals surface area contributed by atoms with Gasteiger partial charge in [0.25, 0.3) is 0 Å². The third-order valence-electron chi connectivity index (χ3n) is 3.96. The van der Waals surface area contributed by atoms with Gasteiger partial charge in [-0.1, -0.05) is 6.92 Å². The van der Waals surface area contributed by atoms with Crippen LogP contribution in [0.5, 0.6) is 5.75 Å². The van der Waals surface area contributed by atoms with E-state index in [0.717, 1.165) is 36.0 Å². The quantitative estimate of drug-likeness (QED) is 0.812. The number of hydrogen-bond acceptors (Lipinski definition) is 4. The van der Waals surface area contributed by atoms with E-state index in [9.17, 15) is 0 Å². The molecular weight excluding hydrogens is 252 g/mol. The van der Waals surface area contributed by atoms with Crippen LogP contribution in [0.2, 0.25) is 0 Å². The van der Waals surface area contributed by atoms with Gasteiger partial charge in [-0.05, 0) is 43.9 Å². The number of anilines is 1. The summed E-state index contributed by atoms with van der Waals surface area (Å²) in [6.07, 6.45) is 3.96. The van der Waals surface area contributed by atoms with Gasteiger partial charge in [-0.15, -0.1) is 0 Å². The second-order valence-electron chi connectivity index (χ2n) is 5.96. The van der Waals surface area contributed by atoms with Crippen LogP contribution in [0, 0.1) is 5.92 Å². The maximum absolute atomic E-state index is 6.02. The molecule has 2 N–H and O–H groups in total. The summed E-state index contributed by atoms with van der Waals surface area (Å²) in [6.45, 7) is 6.45. The van der Waals surface area contributed by atoms with E-state index in [4.69, 9.17) is 15.2 Å². The number of benzene rings is 1. The Kier molecular flexibility index (Phi) is 4.13. The van der Waals surface area contributed by atoms with E-state index in [0.29, 0.717) is 13.4 Å². The molecule has 4 heteroatoms. The molecule has 110 valence electrons. The van der Waals surface area contributed by atoms with Crippen molar-refractivity contribution in [2.24, 2.45) is 5.92 Å². The van der Waals surface area contributed by atoms with Gasteiger partial charge < -0.3 is 15.2 Å². The Morgan fingerprint density at radius 1 is 1.35 bits per heavy atom. The highest BCUT2D eigenvalue weighted by atomic mass is 16.7. The zero-order valence-corrected chi connectivity index (χ0v) is 12.2. The van der Waals surface area contributed by atoms with E-state index >= 15 is 0 Å². The van der Waals surface area contributed by atoms with Crippen molar-refractivity contribution >= 4 is 5.69 Å². The number of nitrogen functional groups attached to an aromatic ring is 1. The molecule has 1 aromatic carbocycles. The van der Waals surface area contributed by atoms with Crippen LogP contribution in [-0.2, 0) is 17.9 Å². The Morgan fingerprint density at radius 2 is 2.20 bits per heavy atom. The minimum Gasteiger partial charge on any atom is -0.467 e. The predicted octanol–water partition coefficient (Wildman–Crippen LogP) is 2.76. The topological polar surface area (TPSA) is 47.7 Å². The lowest BCUT2D eigenvalue weighted by Crippen LogP contribution is -2.27. The SMILES string of the molecule is CCCN(Cc1cc(N)cc2c1OCOC2)CC1CC1. The first-order chi connectivity index (χ1) is 9.76. The molecular formula is C16H24N2O2. The van der Waals surface area contributed by atoms with Gasteiger partial charge in [0.05, 0.1) is 6.61 Å². The van der Waals surface area contributed by atoms with Crippen molar-refractivity contribution in [1.29, 1.82) is 0 Å². The van der Waals surface area contributed by atoms with Gasteiger partial charge in [0.15, 0.2) is 6.79 Å². The Balaban J connectivity index is 1.78. The molecule has 1 aliphatic heterocycles. The van der Waals surface area contributed by atoms with Crippen LogP contribution in [-0.4, -0.2) is 24.8 Å². The van der Waals surface area contributed by atoms with Crippen molar-refractivity contribution in [3.63, 3.8) is 0 Å². The lowest BCUT2D eigenvalue weighted by molar-refractivity contribution is -0.0174. The summed E-state index contributed by atoms with van der Waals surface area (Å²) in [5.41, 5.74) is 9.10. The zero-order valence-electron chi connectivity index (χ0n) is 12.2. The summed E-state index contributed by atoms with van der Waals surface area (Å²) < 4.78 is 11.0. The number of nitrogens with zero attached hydrogens (tertiary/aromatic N) is 1. The highest BCUT2D eigenvalue weighted by Gasteiger charge is 2.25. The van der Waals surface area contributed by atoms with Crippen LogP contribution in [0.15, 0.2) is 12.1 Å². The van der Waals surface area contributed by atoms with Crippen LogP contribution >= 0.6 is 0 Å². The Morgan fingerprint density at radius 3 is 2.95 bits per heavy atom. The number of ether oxygens (including phenoxy) is 2. The van der Waals surface area contributed by atoms with Gasteiger partial charge in [-0.2, -0.15) is 0 Å². The fraction of sp³-hybridized carbons (Fsp3) is 0.625. The van der Waals surface area contributed by atoms with Crippen molar-refractivity contribution < 1.29 is 9.47 Å². The van der Waals surface area contributed by atoms with Crippen molar-refractivity contribution in [1.82, 2.24) is 4.90 Å². The fourth-order valence-electron chi connectivity index (χ4n) is 2.90. The molecule has 4 nitrogen and oxygen atoms in total. The minimum atomic E-state index is 0.348. The standard InChI is InChI=1S/C16H24N2O2/c1-2-5-18(8-12-3-4-12)9-13-6-15(17)7-14-10-19-11-20-16(13)14/h6-7,12H,2-5,8-11,17H2,1H3. The molecule has 1 heterocycles. The summed E-state index contributed by atoms with van der Waals surface area (Å²) >= 11 is 0. The normalized spacial score (nSPS) is 17.9. The smallest absolute Gasteiger partial charge is 0.189 e. The lowest BCUT2D eigenvalue weighted by atomic mass is 10.1. The molecule has 20 heavy (non-hydrogen) atoms. The molecule has 0 saturated heterocycles. The largest absolute Gasteiger partial charge is 0.467 e. The van der Waals surface area contributed by atoms with Gasteiger partial charge in [-0.3, -0.25) is 4.90 Å². The molecule has 0 aromatic heterocycles. The van der Waals surface area contributed by atoms with Crippen LogP contribution in [0.4, 0.5) is 5.69 Å². The summed E-state index contributed by atoms with van der Waals surface area (Å²) in [6, 6.07) is 4.02. The van der Waals surface area contributed by atoms with Crippen LogP contribution in [0.3, 0.4) is 0 Å². The van der Waals surface area contributed by atoms with Crippen LogP contribution in [0.1, 0.15) is 37.3 Å². The molecule has 0 atom stereocenters. The first-order valence-corrected chi connectivity index (χ1v) is 7.60. The summed E-state index contributed by atoms with van der Waals surface area (Å²) in [4.78, 5) is 2.53. The number of nitrogens with two attached hydrogens (primary N) is 1. The van der Waals surface area contributed by atoms with Crippen molar-refractivity contribution in [3.05, 3.63) is 23.3 Å². The predicted molar refractivity (Wildman–Crippen MR) is 79.4 cm³/mol. The zero-order chi connectivity index (χ0) is 13.9. The van der Waals surface area contributed by atoms with Gasteiger partial charge in [-0.25, -0.2) is 0 Å². The average Bonchev–Trinajstić information content (AvgIpc) is 3.23. The summed E-state index contributed by atoms with van der Waals surface area (Å²) in [5.74, 6) is 1.89. The fourth-order valence-corrected chi connectivity index (χ4v) is 2.90. The third-order valence-corrected chi connectivity index (χ3v) is 3.96. The molecule has 0 radical (unpaired) electrons. The van der Waals surface area contributed by atoms with E-state index in [-0.39, 0.29) is 0 Å². The lowest BCUT2D eigenvalue weighted by Gasteiger charge is -2.26. The van der Waals surface area contributed by atoms with E-state index in [2.05, 4.69) is 17.9 Å². The molecule has 0 spiro atoms. The highest BCUT2D eigenvalue weighted by molar-refractivity contribution is 5.53. The first kappa shape index (κ1) is 13.7. The van der Waals surface area contributed by atoms with Crippen molar-refractivity contribution in [2.45, 2.75) is 39.3 Å².